The summed E-state index contributed by atoms with van der Waals surface area (Å²) in [6.07, 6.45) is 0. The molecule has 246 valence electrons. The molecule has 8 aromatic carbocycles. The molecular weight excluding hydrogens is 665 g/mol. The Morgan fingerprint density at radius 2 is 1.08 bits per heavy atom. The molecule has 53 heavy (non-hydrogen) atoms. The number of aromatic nitrogens is 4. The van der Waals surface area contributed by atoms with Gasteiger partial charge in [-0.15, -0.1) is 0 Å². The lowest BCUT2D eigenvalue weighted by molar-refractivity contribution is 1.01. The number of nitrogens with zero attached hydrogens (tertiary/aromatic N) is 4. The van der Waals surface area contributed by atoms with Gasteiger partial charge in [0.15, 0.2) is 0 Å². The zero-order chi connectivity index (χ0) is 34.6. The summed E-state index contributed by atoms with van der Waals surface area (Å²) in [7, 11) is 0. The highest BCUT2D eigenvalue weighted by molar-refractivity contribution is 7.99. The van der Waals surface area contributed by atoms with Crippen molar-refractivity contribution in [1.82, 2.24) is 19.1 Å². The van der Waals surface area contributed by atoms with Crippen LogP contribution in [-0.4, -0.2) is 19.1 Å². The van der Waals surface area contributed by atoms with Crippen LogP contribution in [0.5, 0.6) is 0 Å². The topological polar surface area (TPSA) is 35.6 Å². The maximum absolute atomic E-state index is 5.35. The van der Waals surface area contributed by atoms with Crippen LogP contribution in [0.4, 0.5) is 0 Å². The van der Waals surface area contributed by atoms with Crippen LogP contribution in [0.15, 0.2) is 180 Å². The molecule has 1 aliphatic rings. The Kier molecular flexibility index (Phi) is 5.96. The van der Waals surface area contributed by atoms with E-state index in [9.17, 15) is 0 Å². The second-order valence-electron chi connectivity index (χ2n) is 13.8. The van der Waals surface area contributed by atoms with E-state index in [1.54, 1.807) is 11.8 Å². The molecule has 0 aliphatic carbocycles. The highest BCUT2D eigenvalue weighted by Gasteiger charge is 2.24. The number of para-hydroxylation sites is 3. The zero-order valence-corrected chi connectivity index (χ0v) is 29.2. The van der Waals surface area contributed by atoms with Crippen LogP contribution in [0.25, 0.3) is 99.3 Å². The summed E-state index contributed by atoms with van der Waals surface area (Å²) >= 11 is 1.80. The van der Waals surface area contributed by atoms with Crippen LogP contribution in [0.2, 0.25) is 0 Å². The molecular formula is C48H28N4S. The van der Waals surface area contributed by atoms with Gasteiger partial charge in [0.25, 0.3) is 0 Å². The van der Waals surface area contributed by atoms with Crippen LogP contribution in [0.3, 0.4) is 0 Å². The minimum atomic E-state index is 0.688. The average molecular weight is 693 g/mol. The third kappa shape index (κ3) is 4.08. The van der Waals surface area contributed by atoms with E-state index in [0.717, 1.165) is 33.2 Å². The largest absolute Gasteiger partial charge is 0.309 e. The van der Waals surface area contributed by atoms with Gasteiger partial charge < -0.3 is 4.57 Å². The van der Waals surface area contributed by atoms with Gasteiger partial charge in [0.1, 0.15) is 0 Å². The second-order valence-corrected chi connectivity index (χ2v) is 14.8. The first-order chi connectivity index (χ1) is 26.3. The zero-order valence-electron chi connectivity index (χ0n) is 28.4. The summed E-state index contributed by atoms with van der Waals surface area (Å²) in [6.45, 7) is 0. The van der Waals surface area contributed by atoms with Gasteiger partial charge in [0.2, 0.25) is 5.95 Å². The smallest absolute Gasteiger partial charge is 0.235 e. The van der Waals surface area contributed by atoms with E-state index < -0.39 is 0 Å². The quantitative estimate of drug-likeness (QED) is 0.185. The Morgan fingerprint density at radius 1 is 0.396 bits per heavy atom. The summed E-state index contributed by atoms with van der Waals surface area (Å²) in [5, 5.41) is 8.52. The Hall–Kier alpha value is -6.69. The Bertz CT molecular complexity index is 3320. The molecule has 1 aliphatic heterocycles. The van der Waals surface area contributed by atoms with Crippen molar-refractivity contribution >= 4 is 77.0 Å². The first-order valence-electron chi connectivity index (χ1n) is 17.9. The normalized spacial score (nSPS) is 12.5. The van der Waals surface area contributed by atoms with Crippen molar-refractivity contribution in [3.05, 3.63) is 170 Å². The fourth-order valence-corrected chi connectivity index (χ4v) is 9.79. The molecule has 3 aromatic heterocycles. The number of hydrogen-bond donors (Lipinski definition) is 0. The molecule has 4 nitrogen and oxygen atoms in total. The number of rotatable bonds is 3. The van der Waals surface area contributed by atoms with Crippen molar-refractivity contribution in [3.63, 3.8) is 0 Å². The van der Waals surface area contributed by atoms with Crippen molar-refractivity contribution in [2.75, 3.05) is 0 Å². The summed E-state index contributed by atoms with van der Waals surface area (Å²) in [6, 6.07) is 61.3. The minimum absolute atomic E-state index is 0.688. The molecule has 5 heteroatoms. The highest BCUT2D eigenvalue weighted by Crippen LogP contribution is 2.47. The lowest BCUT2D eigenvalue weighted by atomic mass is 9.94. The molecule has 0 atom stereocenters. The molecule has 0 amide bonds. The molecule has 0 radical (unpaired) electrons. The molecule has 0 spiro atoms. The average Bonchev–Trinajstić information content (AvgIpc) is 3.74. The van der Waals surface area contributed by atoms with E-state index in [4.69, 9.17) is 9.97 Å². The van der Waals surface area contributed by atoms with Crippen molar-refractivity contribution in [1.29, 1.82) is 0 Å². The van der Waals surface area contributed by atoms with Gasteiger partial charge in [-0.05, 0) is 82.6 Å². The van der Waals surface area contributed by atoms with Crippen LogP contribution in [0.1, 0.15) is 0 Å². The molecule has 4 heterocycles. The van der Waals surface area contributed by atoms with Gasteiger partial charge in [0.05, 0.1) is 33.3 Å². The Labute approximate surface area is 308 Å². The number of fused-ring (bicyclic) bond motifs is 10. The van der Waals surface area contributed by atoms with Gasteiger partial charge in [-0.25, -0.2) is 9.97 Å². The first kappa shape index (κ1) is 28.9. The van der Waals surface area contributed by atoms with E-state index in [1.165, 1.54) is 70.0 Å². The second kappa shape index (κ2) is 10.9. The van der Waals surface area contributed by atoms with Crippen LogP contribution < -0.4 is 0 Å². The molecule has 0 saturated heterocycles. The third-order valence-corrected chi connectivity index (χ3v) is 12.1. The van der Waals surface area contributed by atoms with E-state index in [2.05, 4.69) is 179 Å². The summed E-state index contributed by atoms with van der Waals surface area (Å²) < 4.78 is 4.63. The van der Waals surface area contributed by atoms with Crippen molar-refractivity contribution in [3.8, 4) is 34.0 Å². The van der Waals surface area contributed by atoms with Gasteiger partial charge in [-0.2, -0.15) is 0 Å². The lowest BCUT2D eigenvalue weighted by Crippen LogP contribution is -2.05. The Balaban J connectivity index is 1.09. The van der Waals surface area contributed by atoms with Gasteiger partial charge in [0, 0.05) is 48.0 Å². The molecule has 11 aromatic rings. The maximum atomic E-state index is 5.35. The SMILES string of the molecule is c1ccc(-n2c3ccccc3c3c4cccc(-c5ccc6c(c5)c5ccccc5n6-c5nc6c7c(cccc7n5)Sc5ccccc5-6)c4ccc32)cc1. The fraction of sp³-hybridized carbons (Fsp3) is 0. The summed E-state index contributed by atoms with van der Waals surface area (Å²) in [5.41, 5.74) is 11.3. The van der Waals surface area contributed by atoms with Crippen LogP contribution in [-0.2, 0) is 0 Å². The first-order valence-corrected chi connectivity index (χ1v) is 18.7. The van der Waals surface area contributed by atoms with Gasteiger partial charge in [-0.1, -0.05) is 121 Å². The van der Waals surface area contributed by atoms with Crippen molar-refractivity contribution < 1.29 is 0 Å². The van der Waals surface area contributed by atoms with Gasteiger partial charge in [-0.3, -0.25) is 4.57 Å². The van der Waals surface area contributed by atoms with Gasteiger partial charge >= 0.3 is 0 Å². The Morgan fingerprint density at radius 3 is 1.98 bits per heavy atom. The predicted octanol–water partition coefficient (Wildman–Crippen LogP) is 12.8. The third-order valence-electron chi connectivity index (χ3n) is 10.9. The van der Waals surface area contributed by atoms with Crippen molar-refractivity contribution in [2.45, 2.75) is 9.79 Å². The minimum Gasteiger partial charge on any atom is -0.309 e. The standard InChI is InChI=1S/C48H28N4S/c1-2-12-30(13-3-1)51-40-21-8-5-15-35(40)45-34-18-10-17-31(32(34)25-27-42(45)51)29-24-26-41-37(28-29)33-14-4-7-20-39(33)52(41)48-49-38-19-11-23-44-46(38)47(50-48)36-16-6-9-22-43(36)53-44/h1-28H. The van der Waals surface area contributed by atoms with E-state index in [-0.39, 0.29) is 0 Å². The number of benzene rings is 8. The summed E-state index contributed by atoms with van der Waals surface area (Å²) in [5.74, 6) is 0.688. The maximum Gasteiger partial charge on any atom is 0.235 e. The van der Waals surface area contributed by atoms with E-state index >= 15 is 0 Å². The number of hydrogen-bond acceptors (Lipinski definition) is 3. The molecule has 12 rings (SSSR count). The lowest BCUT2D eigenvalue weighted by Gasteiger charge is -2.20. The van der Waals surface area contributed by atoms with Crippen LogP contribution in [0, 0.1) is 0 Å². The van der Waals surface area contributed by atoms with Crippen LogP contribution >= 0.6 is 11.8 Å². The fourth-order valence-electron chi connectivity index (χ4n) is 8.68. The van der Waals surface area contributed by atoms with Crippen molar-refractivity contribution in [2.24, 2.45) is 0 Å². The molecule has 0 N–H and O–H groups in total. The molecule has 0 fully saturated rings. The van der Waals surface area contributed by atoms with E-state index in [0.29, 0.717) is 5.95 Å². The molecule has 0 saturated carbocycles. The summed E-state index contributed by atoms with van der Waals surface area (Å²) in [4.78, 5) is 13.0. The highest BCUT2D eigenvalue weighted by atomic mass is 32.2. The molecule has 0 unspecified atom stereocenters. The van der Waals surface area contributed by atoms with E-state index in [1.807, 2.05) is 0 Å². The molecule has 0 bridgehead atoms. The monoisotopic (exact) mass is 692 g/mol. The predicted molar refractivity (Wildman–Crippen MR) is 221 cm³/mol.